The lowest BCUT2D eigenvalue weighted by atomic mass is 9.87. The molecule has 1 aliphatic carbocycles. The molecule has 0 fully saturated rings. The fourth-order valence-corrected chi connectivity index (χ4v) is 7.49. The zero-order valence-electron chi connectivity index (χ0n) is 18.0. The maximum Gasteiger partial charge on any atom is 0.336 e. The molecule has 30 heavy (non-hydrogen) atoms. The molecule has 0 spiro atoms. The third-order valence-electron chi connectivity index (χ3n) is 6.09. The predicted octanol–water partition coefficient (Wildman–Crippen LogP) is 4.29. The Kier molecular flexibility index (Phi) is 4.86. The average Bonchev–Trinajstić information content (AvgIpc) is 2.73. The van der Waals surface area contributed by atoms with Crippen LogP contribution in [-0.2, 0) is 0 Å². The molecule has 2 aliphatic rings. The first-order chi connectivity index (χ1) is 14.3. The highest BCUT2D eigenvalue weighted by atomic mass is 28.3. The standard InChI is InChI=1S/C25H26N2O2Si/c1-26-16-10-12-20-22(14-16)30(4,5)23-15-17(27(2)3)11-13-21(23)24(20)18-8-6-7-9-19(18)25(28)29/h6-15H,1-5H3,(H,28,29). The van der Waals surface area contributed by atoms with Gasteiger partial charge in [0.05, 0.1) is 11.3 Å². The van der Waals surface area contributed by atoms with Crippen molar-refractivity contribution in [3.63, 3.8) is 0 Å². The van der Waals surface area contributed by atoms with Gasteiger partial charge in [0.2, 0.25) is 0 Å². The molecule has 1 N–H and O–H groups in total. The van der Waals surface area contributed by atoms with E-state index in [9.17, 15) is 9.90 Å². The summed E-state index contributed by atoms with van der Waals surface area (Å²) in [5, 5.41) is 12.5. The van der Waals surface area contributed by atoms with Gasteiger partial charge < -0.3 is 10.0 Å². The van der Waals surface area contributed by atoms with Gasteiger partial charge in [-0.2, -0.15) is 0 Å². The highest BCUT2D eigenvalue weighted by molar-refractivity contribution is 6.98. The van der Waals surface area contributed by atoms with E-state index in [1.54, 1.807) is 12.1 Å². The average molecular weight is 415 g/mol. The minimum atomic E-state index is -2.03. The number of carboxylic acid groups (broad SMARTS) is 1. The smallest absolute Gasteiger partial charge is 0.336 e. The van der Waals surface area contributed by atoms with E-state index in [2.05, 4.69) is 53.3 Å². The number of nitrogens with zero attached hydrogens (tertiary/aromatic N) is 2. The van der Waals surface area contributed by atoms with E-state index in [1.807, 2.05) is 39.4 Å². The predicted molar refractivity (Wildman–Crippen MR) is 128 cm³/mol. The first-order valence-corrected chi connectivity index (χ1v) is 13.0. The number of hydrogen-bond acceptors (Lipinski definition) is 3. The first-order valence-electron chi connectivity index (χ1n) is 10.0. The van der Waals surface area contributed by atoms with Crippen molar-refractivity contribution < 1.29 is 9.90 Å². The number of benzene rings is 2. The zero-order valence-corrected chi connectivity index (χ0v) is 19.0. The van der Waals surface area contributed by atoms with E-state index >= 15 is 0 Å². The van der Waals surface area contributed by atoms with Crippen LogP contribution in [0.1, 0.15) is 21.5 Å². The van der Waals surface area contributed by atoms with Crippen LogP contribution in [0.3, 0.4) is 0 Å². The number of carbonyl (C=O) groups is 1. The van der Waals surface area contributed by atoms with Gasteiger partial charge in [-0.1, -0.05) is 43.4 Å². The van der Waals surface area contributed by atoms with Crippen LogP contribution in [0.4, 0.5) is 5.69 Å². The van der Waals surface area contributed by atoms with Crippen LogP contribution in [0.25, 0.3) is 5.57 Å². The number of allylic oxidation sites excluding steroid dienone is 5. The fraction of sp³-hybridized carbons (Fsp3) is 0.200. The SMILES string of the molecule is CN=C1C=CC2=C(c3ccccc3C(=O)O)c3ccc(N(C)C)cc3[Si](C)(C)C2=C1. The van der Waals surface area contributed by atoms with Crippen molar-refractivity contribution in [2.75, 3.05) is 26.0 Å². The maximum atomic E-state index is 12.0. The molecule has 1 heterocycles. The topological polar surface area (TPSA) is 52.9 Å². The van der Waals surface area contributed by atoms with Crippen LogP contribution in [-0.4, -0.2) is 46.0 Å². The molecule has 0 saturated heterocycles. The minimum Gasteiger partial charge on any atom is -0.478 e. The number of rotatable bonds is 3. The zero-order chi connectivity index (χ0) is 21.6. The van der Waals surface area contributed by atoms with Gasteiger partial charge in [-0.15, -0.1) is 0 Å². The summed E-state index contributed by atoms with van der Waals surface area (Å²) in [4.78, 5) is 18.5. The summed E-state index contributed by atoms with van der Waals surface area (Å²) >= 11 is 0. The summed E-state index contributed by atoms with van der Waals surface area (Å²) in [7, 11) is 3.87. The van der Waals surface area contributed by atoms with Crippen LogP contribution in [0.2, 0.25) is 13.1 Å². The Morgan fingerprint density at radius 2 is 1.77 bits per heavy atom. The summed E-state index contributed by atoms with van der Waals surface area (Å²) in [6, 6.07) is 13.9. The highest BCUT2D eigenvalue weighted by Gasteiger charge is 2.40. The Bertz CT molecular complexity index is 1180. The summed E-state index contributed by atoms with van der Waals surface area (Å²) < 4.78 is 0. The monoisotopic (exact) mass is 414 g/mol. The lowest BCUT2D eigenvalue weighted by Crippen LogP contribution is -2.49. The molecule has 4 nitrogen and oxygen atoms in total. The van der Waals surface area contributed by atoms with Crippen LogP contribution in [0.15, 0.2) is 76.5 Å². The van der Waals surface area contributed by atoms with Crippen molar-refractivity contribution in [1.82, 2.24) is 0 Å². The number of aliphatic imine (C=N–C) groups is 1. The van der Waals surface area contributed by atoms with Crippen molar-refractivity contribution in [3.05, 3.63) is 88.2 Å². The number of aromatic carboxylic acids is 1. The Morgan fingerprint density at radius 3 is 2.43 bits per heavy atom. The number of carboxylic acids is 1. The lowest BCUT2D eigenvalue weighted by Gasteiger charge is -2.38. The van der Waals surface area contributed by atoms with Gasteiger partial charge in [-0.05, 0) is 63.0 Å². The van der Waals surface area contributed by atoms with Gasteiger partial charge in [0.1, 0.15) is 8.07 Å². The van der Waals surface area contributed by atoms with Crippen molar-refractivity contribution in [3.8, 4) is 0 Å². The van der Waals surface area contributed by atoms with Gasteiger partial charge in [-0.3, -0.25) is 4.99 Å². The second-order valence-corrected chi connectivity index (χ2v) is 12.8. The van der Waals surface area contributed by atoms with Gasteiger partial charge in [-0.25, -0.2) is 4.79 Å². The van der Waals surface area contributed by atoms with E-state index in [0.717, 1.165) is 33.7 Å². The summed E-state index contributed by atoms with van der Waals surface area (Å²) in [5.74, 6) is -0.909. The lowest BCUT2D eigenvalue weighted by molar-refractivity contribution is 0.0696. The summed E-state index contributed by atoms with van der Waals surface area (Å²) in [6.07, 6.45) is 6.32. The van der Waals surface area contributed by atoms with E-state index in [-0.39, 0.29) is 0 Å². The molecule has 5 heteroatoms. The second-order valence-electron chi connectivity index (χ2n) is 8.43. The van der Waals surface area contributed by atoms with Gasteiger partial charge in [0, 0.05) is 26.8 Å². The molecule has 0 unspecified atom stereocenters. The van der Waals surface area contributed by atoms with Crippen molar-refractivity contribution in [2.24, 2.45) is 4.99 Å². The van der Waals surface area contributed by atoms with E-state index in [4.69, 9.17) is 0 Å². The minimum absolute atomic E-state index is 0.326. The summed E-state index contributed by atoms with van der Waals surface area (Å²) in [6.45, 7) is 4.73. The quantitative estimate of drug-likeness (QED) is 0.763. The Balaban J connectivity index is 2.12. The maximum absolute atomic E-state index is 12.0. The van der Waals surface area contributed by atoms with Crippen molar-refractivity contribution in [1.29, 1.82) is 0 Å². The van der Waals surface area contributed by atoms with Crippen molar-refractivity contribution >= 4 is 36.2 Å². The van der Waals surface area contributed by atoms with Crippen LogP contribution < -0.4 is 10.1 Å². The largest absolute Gasteiger partial charge is 0.478 e. The van der Waals surface area contributed by atoms with E-state index < -0.39 is 14.0 Å². The Morgan fingerprint density at radius 1 is 1.03 bits per heavy atom. The Labute approximate surface area is 178 Å². The molecule has 0 amide bonds. The molecular formula is C25H26N2O2Si. The molecule has 0 bridgehead atoms. The van der Waals surface area contributed by atoms with Gasteiger partial charge in [0.15, 0.2) is 0 Å². The van der Waals surface area contributed by atoms with E-state index in [0.29, 0.717) is 5.56 Å². The van der Waals surface area contributed by atoms with Crippen molar-refractivity contribution in [2.45, 2.75) is 13.1 Å². The first kappa shape index (κ1) is 20.1. The third-order valence-corrected chi connectivity index (χ3v) is 9.61. The fourth-order valence-electron chi connectivity index (χ4n) is 4.42. The van der Waals surface area contributed by atoms with Crippen LogP contribution in [0, 0.1) is 0 Å². The Hall–Kier alpha value is -3.18. The molecule has 0 atom stereocenters. The molecule has 2 aromatic rings. The number of hydrogen-bond donors (Lipinski definition) is 1. The van der Waals surface area contributed by atoms with Gasteiger partial charge >= 0.3 is 5.97 Å². The molecule has 0 aromatic heterocycles. The van der Waals surface area contributed by atoms with Crippen LogP contribution >= 0.6 is 0 Å². The molecule has 0 radical (unpaired) electrons. The summed E-state index contributed by atoms with van der Waals surface area (Å²) in [5.41, 5.74) is 6.45. The molecule has 1 aliphatic heterocycles. The van der Waals surface area contributed by atoms with Crippen LogP contribution in [0.5, 0.6) is 0 Å². The molecular weight excluding hydrogens is 388 g/mol. The normalized spacial score (nSPS) is 18.0. The molecule has 152 valence electrons. The number of anilines is 1. The molecule has 4 rings (SSSR count). The molecule has 2 aromatic carbocycles. The highest BCUT2D eigenvalue weighted by Crippen LogP contribution is 2.42. The molecule has 0 saturated carbocycles. The number of fused-ring (bicyclic) bond motifs is 2. The van der Waals surface area contributed by atoms with E-state index in [1.165, 1.54) is 10.4 Å². The van der Waals surface area contributed by atoms with Gasteiger partial charge in [0.25, 0.3) is 0 Å². The third kappa shape index (κ3) is 3.06. The second kappa shape index (κ2) is 7.25.